The molecule has 19 heteroatoms. The van der Waals surface area contributed by atoms with Crippen molar-refractivity contribution in [3.8, 4) is 0 Å². The van der Waals surface area contributed by atoms with Crippen molar-refractivity contribution < 1.29 is 68.9 Å². The van der Waals surface area contributed by atoms with Gasteiger partial charge >= 0.3 is 41.8 Å². The lowest BCUT2D eigenvalue weighted by Gasteiger charge is -2.28. The molecule has 0 aromatic heterocycles. The van der Waals surface area contributed by atoms with Crippen LogP contribution < -0.4 is 0 Å². The molecule has 0 bridgehead atoms. The van der Waals surface area contributed by atoms with Crippen molar-refractivity contribution in [2.75, 3.05) is 98.2 Å². The summed E-state index contributed by atoms with van der Waals surface area (Å²) in [5, 5.41) is 53.6. The van der Waals surface area contributed by atoms with Crippen molar-refractivity contribution in [2.45, 2.75) is 80.8 Å². The van der Waals surface area contributed by atoms with E-state index in [4.69, 9.17) is 25.5 Å². The second kappa shape index (κ2) is 33.9. The SMILES string of the molecule is CCN(CC)CC.CCN(CC)CC.CCN(CC)CC.O=C(O)CN(CCN(CC(=O)O)CC(=O)OC(CC(=O)O)(CC(=O)O)C(=O)O)CC(=O)O. The molecule has 0 aliphatic carbocycles. The molecule has 0 heterocycles. The minimum atomic E-state index is -2.96. The molecule has 6 N–H and O–H groups in total. The highest BCUT2D eigenvalue weighted by atomic mass is 16.6. The molecule has 19 nitrogen and oxygen atoms in total. The van der Waals surface area contributed by atoms with Crippen molar-refractivity contribution in [1.82, 2.24) is 24.5 Å². The molecular formula is C34H67N5O14. The van der Waals surface area contributed by atoms with Gasteiger partial charge in [-0.25, -0.2) is 4.79 Å². The highest BCUT2D eigenvalue weighted by Crippen LogP contribution is 2.22. The molecular weight excluding hydrogens is 702 g/mol. The summed E-state index contributed by atoms with van der Waals surface area (Å²) in [5.74, 6) is -11.3. The van der Waals surface area contributed by atoms with Crippen molar-refractivity contribution in [3.05, 3.63) is 0 Å². The van der Waals surface area contributed by atoms with E-state index in [-0.39, 0.29) is 13.1 Å². The zero-order valence-corrected chi connectivity index (χ0v) is 33.2. The third kappa shape index (κ3) is 32.5. The second-order valence-electron chi connectivity index (χ2n) is 11.4. The van der Waals surface area contributed by atoms with Gasteiger partial charge < -0.3 is 50.1 Å². The number of hydrogen-bond acceptors (Lipinski definition) is 13. The number of ether oxygens (including phenoxy) is 1. The van der Waals surface area contributed by atoms with Crippen molar-refractivity contribution in [1.29, 1.82) is 0 Å². The van der Waals surface area contributed by atoms with Crippen LogP contribution in [-0.4, -0.2) is 201 Å². The lowest BCUT2D eigenvalue weighted by molar-refractivity contribution is -0.186. The molecule has 0 fully saturated rings. The van der Waals surface area contributed by atoms with E-state index in [0.29, 0.717) is 0 Å². The van der Waals surface area contributed by atoms with Gasteiger partial charge in [-0.15, -0.1) is 0 Å². The lowest BCUT2D eigenvalue weighted by Crippen LogP contribution is -2.49. The zero-order chi connectivity index (χ0) is 42.2. The van der Waals surface area contributed by atoms with Gasteiger partial charge in [0.1, 0.15) is 0 Å². The maximum absolute atomic E-state index is 12.2. The van der Waals surface area contributed by atoms with Crippen LogP contribution in [0.4, 0.5) is 0 Å². The number of carboxylic acids is 6. The molecule has 0 atom stereocenters. The summed E-state index contributed by atoms with van der Waals surface area (Å²) in [5.41, 5.74) is -2.96. The highest BCUT2D eigenvalue weighted by Gasteiger charge is 2.47. The molecule has 0 saturated heterocycles. The zero-order valence-electron chi connectivity index (χ0n) is 33.2. The van der Waals surface area contributed by atoms with Crippen LogP contribution in [0, 0.1) is 0 Å². The molecule has 0 aliphatic rings. The number of esters is 1. The Hall–Kier alpha value is -3.91. The summed E-state index contributed by atoms with van der Waals surface area (Å²) in [4.78, 5) is 87.2. The van der Waals surface area contributed by atoms with Crippen molar-refractivity contribution in [2.24, 2.45) is 0 Å². The van der Waals surface area contributed by atoms with Gasteiger partial charge in [0.05, 0.1) is 39.0 Å². The maximum atomic E-state index is 12.2. The molecule has 0 spiro atoms. The van der Waals surface area contributed by atoms with E-state index in [0.717, 1.165) is 9.80 Å². The molecule has 0 radical (unpaired) electrons. The van der Waals surface area contributed by atoms with Crippen LogP contribution in [0.15, 0.2) is 0 Å². The summed E-state index contributed by atoms with van der Waals surface area (Å²) in [7, 11) is 0. The van der Waals surface area contributed by atoms with Gasteiger partial charge in [-0.2, -0.15) is 0 Å². The number of carbonyl (C=O) groups excluding carboxylic acids is 1. The number of carboxylic acid groups (broad SMARTS) is 6. The van der Waals surface area contributed by atoms with Gasteiger partial charge in [0.25, 0.3) is 0 Å². The average molecular weight is 770 g/mol. The Morgan fingerprint density at radius 2 is 0.642 bits per heavy atom. The Bertz CT molecular complexity index is 974. The molecule has 0 aromatic carbocycles. The first-order valence-electron chi connectivity index (χ1n) is 17.9. The lowest BCUT2D eigenvalue weighted by atomic mass is 9.95. The Balaban J connectivity index is -0.000000458. The van der Waals surface area contributed by atoms with Gasteiger partial charge in [0.2, 0.25) is 5.60 Å². The van der Waals surface area contributed by atoms with E-state index >= 15 is 0 Å². The first-order chi connectivity index (χ1) is 24.7. The van der Waals surface area contributed by atoms with E-state index in [9.17, 15) is 38.7 Å². The van der Waals surface area contributed by atoms with Crippen molar-refractivity contribution >= 4 is 41.8 Å². The molecule has 0 saturated carbocycles. The van der Waals surface area contributed by atoms with Gasteiger partial charge in [0, 0.05) is 13.1 Å². The fraction of sp³-hybridized carbons (Fsp3) is 0.794. The predicted octanol–water partition coefficient (Wildman–Crippen LogP) is 1.20. The third-order valence-electron chi connectivity index (χ3n) is 7.76. The fourth-order valence-electron chi connectivity index (χ4n) is 4.55. The third-order valence-corrected chi connectivity index (χ3v) is 7.76. The van der Waals surface area contributed by atoms with Crippen molar-refractivity contribution in [3.63, 3.8) is 0 Å². The topological polar surface area (TPSA) is 266 Å². The monoisotopic (exact) mass is 769 g/mol. The molecule has 0 aromatic rings. The fourth-order valence-corrected chi connectivity index (χ4v) is 4.55. The molecule has 53 heavy (non-hydrogen) atoms. The Morgan fingerprint density at radius 3 is 0.811 bits per heavy atom. The molecule has 0 rings (SSSR count). The summed E-state index contributed by atoms with van der Waals surface area (Å²) in [6.45, 7) is 26.5. The number of hydrogen-bond donors (Lipinski definition) is 6. The Kier molecular flexibility index (Phi) is 35.7. The van der Waals surface area contributed by atoms with Crippen LogP contribution in [0.25, 0.3) is 0 Å². The molecule has 312 valence electrons. The first kappa shape index (κ1) is 55.8. The Morgan fingerprint density at radius 1 is 0.396 bits per heavy atom. The normalized spacial score (nSPS) is 10.8. The van der Waals surface area contributed by atoms with Crippen LogP contribution in [0.2, 0.25) is 0 Å². The summed E-state index contributed by atoms with van der Waals surface area (Å²) >= 11 is 0. The summed E-state index contributed by atoms with van der Waals surface area (Å²) in [6, 6.07) is 0. The molecule has 0 unspecified atom stereocenters. The number of rotatable bonds is 26. The van der Waals surface area contributed by atoms with Gasteiger partial charge in [-0.1, -0.05) is 62.3 Å². The largest absolute Gasteiger partial charge is 0.481 e. The van der Waals surface area contributed by atoms with Crippen LogP contribution >= 0.6 is 0 Å². The Labute approximate surface area is 314 Å². The number of nitrogens with zero attached hydrogens (tertiary/aromatic N) is 5. The number of carbonyl (C=O) groups is 7. The standard InChI is InChI=1S/C16H22N2O14.3C6H15N/c19-9(20)3-16(15(30)31,4-10(21)22)32-14(29)8-18(7-13(27)28)2-1-17(5-11(23)24)6-12(25)26;3*1-4-7(5-2)6-3/h1-8H2,(H,19,20)(H,21,22)(H,23,24)(H,25,26)(H,27,28)(H,30,31);3*4-6H2,1-3H3. The summed E-state index contributed by atoms with van der Waals surface area (Å²) < 4.78 is 4.63. The molecule has 0 amide bonds. The quantitative estimate of drug-likeness (QED) is 0.0675. The highest BCUT2D eigenvalue weighted by molar-refractivity contribution is 5.91. The second-order valence-corrected chi connectivity index (χ2v) is 11.4. The van der Waals surface area contributed by atoms with Crippen LogP contribution in [0.5, 0.6) is 0 Å². The van der Waals surface area contributed by atoms with Gasteiger partial charge in [0.15, 0.2) is 0 Å². The van der Waals surface area contributed by atoms with E-state index in [1.807, 2.05) is 0 Å². The van der Waals surface area contributed by atoms with E-state index < -0.39 is 86.4 Å². The minimum Gasteiger partial charge on any atom is -0.481 e. The molecule has 0 aliphatic heterocycles. The average Bonchev–Trinajstić information content (AvgIpc) is 3.05. The first-order valence-corrected chi connectivity index (χ1v) is 17.9. The van der Waals surface area contributed by atoms with E-state index in [1.54, 1.807) is 0 Å². The smallest absolute Gasteiger partial charge is 0.349 e. The maximum Gasteiger partial charge on any atom is 0.349 e. The van der Waals surface area contributed by atoms with E-state index in [2.05, 4.69) is 81.8 Å². The van der Waals surface area contributed by atoms with Crippen LogP contribution in [0.1, 0.15) is 75.2 Å². The predicted molar refractivity (Wildman–Crippen MR) is 197 cm³/mol. The van der Waals surface area contributed by atoms with E-state index in [1.165, 1.54) is 58.9 Å². The number of aliphatic carboxylic acids is 6. The van der Waals surface area contributed by atoms with Crippen LogP contribution in [0.3, 0.4) is 0 Å². The summed E-state index contributed by atoms with van der Waals surface area (Å²) in [6.07, 6.45) is -2.77. The minimum absolute atomic E-state index is 0.326. The van der Waals surface area contributed by atoms with Gasteiger partial charge in [-0.3, -0.25) is 38.6 Å². The van der Waals surface area contributed by atoms with Gasteiger partial charge in [-0.05, 0) is 58.9 Å². The van der Waals surface area contributed by atoms with Crippen LogP contribution in [-0.2, 0) is 38.3 Å².